The van der Waals surface area contributed by atoms with E-state index in [0.717, 1.165) is 40.5 Å². The zero-order chi connectivity index (χ0) is 30.3. The number of carbonyl (C=O) groups excluding carboxylic acids is 2. The summed E-state index contributed by atoms with van der Waals surface area (Å²) in [6, 6.07) is 6.38. The van der Waals surface area contributed by atoms with Crippen LogP contribution in [0.4, 0.5) is 13.2 Å². The Kier molecular flexibility index (Phi) is 8.58. The first-order valence-corrected chi connectivity index (χ1v) is 14.5. The number of aliphatic imine (C=N–C) groups is 1. The van der Waals surface area contributed by atoms with Crippen molar-refractivity contribution in [3.63, 3.8) is 0 Å². The lowest BCUT2D eigenvalue weighted by Crippen LogP contribution is -2.48. The van der Waals surface area contributed by atoms with E-state index in [-0.39, 0.29) is 41.0 Å². The van der Waals surface area contributed by atoms with E-state index in [1.54, 1.807) is 0 Å². The highest BCUT2D eigenvalue weighted by molar-refractivity contribution is 5.99. The molecule has 1 aliphatic carbocycles. The number of hydrogen-bond acceptors (Lipinski definition) is 4. The van der Waals surface area contributed by atoms with Crippen molar-refractivity contribution in [1.82, 2.24) is 10.2 Å². The molecule has 2 aromatic rings. The second-order valence-corrected chi connectivity index (χ2v) is 12.3. The van der Waals surface area contributed by atoms with Crippen LogP contribution < -0.4 is 11.1 Å². The van der Waals surface area contributed by atoms with Gasteiger partial charge in [-0.2, -0.15) is 0 Å². The van der Waals surface area contributed by atoms with Crippen molar-refractivity contribution in [2.24, 2.45) is 16.1 Å². The Labute approximate surface area is 240 Å². The zero-order valence-corrected chi connectivity index (χ0v) is 24.8. The Hall–Kier alpha value is -3.36. The Balaban J connectivity index is 0.00000189. The van der Waals surface area contributed by atoms with Crippen LogP contribution in [-0.4, -0.2) is 28.7 Å². The molecule has 4 aliphatic rings. The molecule has 0 saturated heterocycles. The zero-order valence-electron chi connectivity index (χ0n) is 24.8. The molecular formula is C32H41F3N4O2. The third kappa shape index (κ3) is 6.28. The first-order chi connectivity index (χ1) is 19.2. The summed E-state index contributed by atoms with van der Waals surface area (Å²) in [4.78, 5) is 32.3. The number of aryl methyl sites for hydroxylation is 2. The monoisotopic (exact) mass is 570 g/mol. The van der Waals surface area contributed by atoms with Crippen molar-refractivity contribution in [2.75, 3.05) is 0 Å². The number of nitrogens with one attached hydrogen (secondary N) is 1. The van der Waals surface area contributed by atoms with Crippen LogP contribution >= 0.6 is 0 Å². The molecule has 2 aromatic carbocycles. The van der Waals surface area contributed by atoms with Crippen molar-refractivity contribution in [3.8, 4) is 0 Å². The van der Waals surface area contributed by atoms with E-state index in [4.69, 9.17) is 5.73 Å². The number of hydrogen-bond donors (Lipinski definition) is 2. The predicted octanol–water partition coefficient (Wildman–Crippen LogP) is 6.86. The van der Waals surface area contributed by atoms with Gasteiger partial charge in [-0.15, -0.1) is 0 Å². The predicted molar refractivity (Wildman–Crippen MR) is 154 cm³/mol. The molecule has 6 nitrogen and oxygen atoms in total. The Morgan fingerprint density at radius 1 is 1.12 bits per heavy atom. The number of amides is 2. The molecule has 3 aliphatic heterocycles. The molecule has 2 amide bonds. The van der Waals surface area contributed by atoms with Crippen LogP contribution in [-0.2, 0) is 17.1 Å². The molecule has 0 saturated carbocycles. The quantitative estimate of drug-likeness (QED) is 0.393. The molecule has 3 heterocycles. The van der Waals surface area contributed by atoms with E-state index in [0.29, 0.717) is 12.8 Å². The second-order valence-electron chi connectivity index (χ2n) is 12.3. The van der Waals surface area contributed by atoms with E-state index >= 15 is 13.2 Å². The van der Waals surface area contributed by atoms with Crippen LogP contribution in [0.15, 0.2) is 35.3 Å². The highest BCUT2D eigenvalue weighted by Crippen LogP contribution is 2.51. The summed E-state index contributed by atoms with van der Waals surface area (Å²) in [5.41, 5.74) is 8.13. The molecule has 3 N–H and O–H groups in total. The van der Waals surface area contributed by atoms with Gasteiger partial charge in [0, 0.05) is 18.4 Å². The Morgan fingerprint density at radius 2 is 1.83 bits per heavy atom. The van der Waals surface area contributed by atoms with Gasteiger partial charge in [-0.1, -0.05) is 52.8 Å². The molecule has 0 aromatic heterocycles. The average molecular weight is 571 g/mol. The maximum atomic E-state index is 15.3. The number of alkyl halides is 2. The van der Waals surface area contributed by atoms with Gasteiger partial charge >= 0.3 is 0 Å². The first kappa shape index (κ1) is 30.6. The fraction of sp³-hybridized carbons (Fsp3) is 0.531. The first-order valence-electron chi connectivity index (χ1n) is 14.5. The van der Waals surface area contributed by atoms with Crippen LogP contribution in [0.1, 0.15) is 117 Å². The van der Waals surface area contributed by atoms with E-state index in [1.807, 2.05) is 26.8 Å². The third-order valence-corrected chi connectivity index (χ3v) is 7.95. The largest absolute Gasteiger partial charge is 0.369 e. The van der Waals surface area contributed by atoms with E-state index < -0.39 is 41.6 Å². The minimum atomic E-state index is -3.52. The Bertz CT molecular complexity index is 1370. The van der Waals surface area contributed by atoms with E-state index in [1.165, 1.54) is 6.07 Å². The number of carbonyl (C=O) groups is 2. The van der Waals surface area contributed by atoms with E-state index in [2.05, 4.69) is 43.2 Å². The van der Waals surface area contributed by atoms with Crippen LogP contribution in [0.3, 0.4) is 0 Å². The van der Waals surface area contributed by atoms with Gasteiger partial charge in [0.05, 0.1) is 23.7 Å². The van der Waals surface area contributed by atoms with Crippen LogP contribution in [0.25, 0.3) is 0 Å². The standard InChI is InChI=1S/C30H35F3N4O2.C2H6/c1-16-8-9-17-6-5-7-19-13-25(38)37(28(34)35-19)24-15-30(32,33)26-21(24)11-18(12-22(26)31)27(39)36-23(20(16)10-17)14-29(2,3)4;1-2/h8-12,19,23-24H,5-7,13-15H2,1-4H3,(H2,34,35)(H,36,39);1-2H3. The summed E-state index contributed by atoms with van der Waals surface area (Å²) in [5, 5.41) is 3.06. The molecule has 6 rings (SSSR count). The summed E-state index contributed by atoms with van der Waals surface area (Å²) < 4.78 is 45.5. The molecule has 3 unspecified atom stereocenters. The van der Waals surface area contributed by atoms with Crippen LogP contribution in [0.2, 0.25) is 0 Å². The van der Waals surface area contributed by atoms with Gasteiger partial charge in [-0.05, 0) is 72.4 Å². The summed E-state index contributed by atoms with van der Waals surface area (Å²) in [7, 11) is 0. The van der Waals surface area contributed by atoms with Crippen molar-refractivity contribution >= 4 is 17.8 Å². The van der Waals surface area contributed by atoms with Crippen molar-refractivity contribution in [1.29, 1.82) is 0 Å². The van der Waals surface area contributed by atoms with Gasteiger partial charge in [0.2, 0.25) is 5.91 Å². The minimum Gasteiger partial charge on any atom is -0.369 e. The number of nitrogens with zero attached hydrogens (tertiary/aromatic N) is 2. The molecule has 6 bridgehead atoms. The fourth-order valence-electron chi connectivity index (χ4n) is 6.17. The maximum absolute atomic E-state index is 15.3. The summed E-state index contributed by atoms with van der Waals surface area (Å²) in [6.45, 7) is 12.2. The number of fused-ring (bicyclic) bond motifs is 5. The lowest BCUT2D eigenvalue weighted by Gasteiger charge is -2.33. The smallest absolute Gasteiger partial charge is 0.278 e. The maximum Gasteiger partial charge on any atom is 0.278 e. The molecule has 9 heteroatoms. The molecule has 0 radical (unpaired) electrons. The summed E-state index contributed by atoms with van der Waals surface area (Å²) in [6.07, 6.45) is 1.94. The van der Waals surface area contributed by atoms with Gasteiger partial charge in [-0.3, -0.25) is 14.5 Å². The number of benzene rings is 2. The molecular weight excluding hydrogens is 529 g/mol. The van der Waals surface area contributed by atoms with Gasteiger partial charge < -0.3 is 11.1 Å². The molecule has 3 atom stereocenters. The van der Waals surface area contributed by atoms with Crippen molar-refractivity contribution in [2.45, 2.75) is 104 Å². The molecule has 0 spiro atoms. The third-order valence-electron chi connectivity index (χ3n) is 7.95. The van der Waals surface area contributed by atoms with Crippen LogP contribution in [0, 0.1) is 18.2 Å². The highest BCUT2D eigenvalue weighted by atomic mass is 19.3. The number of rotatable bonds is 1. The van der Waals surface area contributed by atoms with Crippen molar-refractivity contribution in [3.05, 3.63) is 69.5 Å². The minimum absolute atomic E-state index is 0.0353. The fourth-order valence-corrected chi connectivity index (χ4v) is 6.17. The summed E-state index contributed by atoms with van der Waals surface area (Å²) in [5.74, 6) is -5.84. The highest BCUT2D eigenvalue weighted by Gasteiger charge is 2.51. The second kappa shape index (κ2) is 11.5. The topological polar surface area (TPSA) is 87.8 Å². The molecule has 0 fully saturated rings. The van der Waals surface area contributed by atoms with Gasteiger partial charge in [-0.25, -0.2) is 18.2 Å². The average Bonchev–Trinajstić information content (AvgIpc) is 3.14. The lowest BCUT2D eigenvalue weighted by atomic mass is 9.83. The number of guanidine groups is 1. The normalized spacial score (nSPS) is 23.8. The summed E-state index contributed by atoms with van der Waals surface area (Å²) >= 11 is 0. The Morgan fingerprint density at radius 3 is 2.49 bits per heavy atom. The van der Waals surface area contributed by atoms with Crippen molar-refractivity contribution < 1.29 is 22.8 Å². The van der Waals surface area contributed by atoms with Gasteiger partial charge in [0.15, 0.2) is 5.96 Å². The van der Waals surface area contributed by atoms with Crippen LogP contribution in [0.5, 0.6) is 0 Å². The van der Waals surface area contributed by atoms with Gasteiger partial charge in [0.25, 0.3) is 11.8 Å². The van der Waals surface area contributed by atoms with Gasteiger partial charge in [0.1, 0.15) is 5.82 Å². The molecule has 222 valence electrons. The molecule has 41 heavy (non-hydrogen) atoms. The number of nitrogens with two attached hydrogens (primary N) is 1. The van der Waals surface area contributed by atoms with E-state index in [9.17, 15) is 9.59 Å². The number of halogens is 3. The lowest BCUT2D eigenvalue weighted by molar-refractivity contribution is -0.131. The SMILES string of the molecule is CC.Cc1ccc2cc1C(CC(C)(C)C)NC(=O)c1cc(F)c3c(c1)C(CC3(F)F)N1C(=O)CC(CCC2)N=C1N.